The van der Waals surface area contributed by atoms with Crippen molar-refractivity contribution in [1.82, 2.24) is 4.90 Å². The lowest BCUT2D eigenvalue weighted by atomic mass is 10.1. The van der Waals surface area contributed by atoms with Gasteiger partial charge >= 0.3 is 0 Å². The molecule has 0 bridgehead atoms. The van der Waals surface area contributed by atoms with Gasteiger partial charge in [0.15, 0.2) is 0 Å². The maximum absolute atomic E-state index is 5.44. The molecule has 0 aromatic carbocycles. The Morgan fingerprint density at radius 2 is 2.25 bits per heavy atom. The van der Waals surface area contributed by atoms with Gasteiger partial charge < -0.3 is 4.74 Å². The van der Waals surface area contributed by atoms with Crippen molar-refractivity contribution in [3.8, 4) is 0 Å². The van der Waals surface area contributed by atoms with Crippen LogP contribution in [0.4, 0.5) is 0 Å². The zero-order valence-corrected chi connectivity index (χ0v) is 8.38. The third-order valence-corrected chi connectivity index (χ3v) is 2.62. The van der Waals surface area contributed by atoms with E-state index in [1.54, 1.807) is 0 Å². The fourth-order valence-electron chi connectivity index (χ4n) is 1.72. The van der Waals surface area contributed by atoms with E-state index < -0.39 is 0 Å². The van der Waals surface area contributed by atoms with Gasteiger partial charge in [0.2, 0.25) is 0 Å². The Kier molecular flexibility index (Phi) is 4.62. The molecular weight excluding hydrogens is 150 g/mol. The standard InChI is InChI=1S/C10H21NO/c1-3-5-6-11-7-8-12-9-10(11)4-2/h10H,3-9H2,1-2H3. The molecule has 12 heavy (non-hydrogen) atoms. The predicted octanol–water partition coefficient (Wildman–Crippen LogP) is 1.90. The highest BCUT2D eigenvalue weighted by atomic mass is 16.5. The number of morpholine rings is 1. The fourth-order valence-corrected chi connectivity index (χ4v) is 1.72. The highest BCUT2D eigenvalue weighted by Gasteiger charge is 2.19. The molecule has 1 atom stereocenters. The Hall–Kier alpha value is -0.0800. The molecule has 1 rings (SSSR count). The van der Waals surface area contributed by atoms with Gasteiger partial charge in [-0.3, -0.25) is 4.90 Å². The maximum atomic E-state index is 5.44. The third kappa shape index (κ3) is 2.76. The van der Waals surface area contributed by atoms with Crippen LogP contribution >= 0.6 is 0 Å². The molecule has 0 amide bonds. The lowest BCUT2D eigenvalue weighted by Gasteiger charge is -2.34. The summed E-state index contributed by atoms with van der Waals surface area (Å²) in [5.74, 6) is 0. The van der Waals surface area contributed by atoms with Crippen molar-refractivity contribution in [2.45, 2.75) is 39.2 Å². The molecule has 0 N–H and O–H groups in total. The number of hydrogen-bond acceptors (Lipinski definition) is 2. The summed E-state index contributed by atoms with van der Waals surface area (Å²) in [5, 5.41) is 0. The summed E-state index contributed by atoms with van der Waals surface area (Å²) in [6, 6.07) is 0.685. The average Bonchev–Trinajstić information content (AvgIpc) is 2.15. The van der Waals surface area contributed by atoms with E-state index >= 15 is 0 Å². The molecule has 1 saturated heterocycles. The van der Waals surface area contributed by atoms with Gasteiger partial charge in [-0.2, -0.15) is 0 Å². The normalized spacial score (nSPS) is 26.0. The number of unbranched alkanes of at least 4 members (excludes halogenated alkanes) is 1. The van der Waals surface area contributed by atoms with Gasteiger partial charge in [-0.1, -0.05) is 20.3 Å². The summed E-state index contributed by atoms with van der Waals surface area (Å²) in [6.45, 7) is 8.77. The first-order chi connectivity index (χ1) is 5.88. The van der Waals surface area contributed by atoms with Crippen LogP contribution in [0.3, 0.4) is 0 Å². The van der Waals surface area contributed by atoms with Crippen molar-refractivity contribution < 1.29 is 4.74 Å². The zero-order valence-electron chi connectivity index (χ0n) is 8.38. The van der Waals surface area contributed by atoms with Crippen molar-refractivity contribution in [2.75, 3.05) is 26.3 Å². The second-order valence-electron chi connectivity index (χ2n) is 3.53. The van der Waals surface area contributed by atoms with Crippen LogP contribution in [0.2, 0.25) is 0 Å². The summed E-state index contributed by atoms with van der Waals surface area (Å²) in [7, 11) is 0. The van der Waals surface area contributed by atoms with E-state index in [0.717, 1.165) is 19.8 Å². The minimum atomic E-state index is 0.685. The van der Waals surface area contributed by atoms with Crippen LogP contribution in [0.5, 0.6) is 0 Å². The van der Waals surface area contributed by atoms with Gasteiger partial charge in [0.05, 0.1) is 13.2 Å². The van der Waals surface area contributed by atoms with E-state index in [4.69, 9.17) is 4.74 Å². The van der Waals surface area contributed by atoms with E-state index in [0.29, 0.717) is 6.04 Å². The fraction of sp³-hybridized carbons (Fsp3) is 1.00. The molecule has 72 valence electrons. The van der Waals surface area contributed by atoms with Crippen molar-refractivity contribution in [2.24, 2.45) is 0 Å². The Morgan fingerprint density at radius 1 is 1.42 bits per heavy atom. The van der Waals surface area contributed by atoms with Gasteiger partial charge in [-0.25, -0.2) is 0 Å². The topological polar surface area (TPSA) is 12.5 Å². The van der Waals surface area contributed by atoms with E-state index in [9.17, 15) is 0 Å². The lowest BCUT2D eigenvalue weighted by molar-refractivity contribution is -0.00898. The predicted molar refractivity (Wildman–Crippen MR) is 51.4 cm³/mol. The molecule has 2 heteroatoms. The number of ether oxygens (including phenoxy) is 1. The highest BCUT2D eigenvalue weighted by molar-refractivity contribution is 4.73. The molecular formula is C10H21NO. The molecule has 1 aliphatic heterocycles. The summed E-state index contributed by atoms with van der Waals surface area (Å²) >= 11 is 0. The Morgan fingerprint density at radius 3 is 2.92 bits per heavy atom. The molecule has 0 aromatic rings. The molecule has 0 spiro atoms. The molecule has 0 aliphatic carbocycles. The quantitative estimate of drug-likeness (QED) is 0.640. The molecule has 0 aromatic heterocycles. The van der Waals surface area contributed by atoms with Crippen LogP contribution in [0.25, 0.3) is 0 Å². The Bertz CT molecular complexity index is 116. The van der Waals surface area contributed by atoms with E-state index in [2.05, 4.69) is 18.7 Å². The van der Waals surface area contributed by atoms with E-state index in [1.165, 1.54) is 25.8 Å². The molecule has 1 heterocycles. The monoisotopic (exact) mass is 171 g/mol. The molecule has 1 aliphatic rings. The maximum Gasteiger partial charge on any atom is 0.0622 e. The van der Waals surface area contributed by atoms with Crippen LogP contribution in [0.15, 0.2) is 0 Å². The van der Waals surface area contributed by atoms with Crippen molar-refractivity contribution in [3.05, 3.63) is 0 Å². The zero-order chi connectivity index (χ0) is 8.81. The number of rotatable bonds is 4. The van der Waals surface area contributed by atoms with Gasteiger partial charge in [-0.15, -0.1) is 0 Å². The smallest absolute Gasteiger partial charge is 0.0622 e. The van der Waals surface area contributed by atoms with Gasteiger partial charge in [0, 0.05) is 12.6 Å². The van der Waals surface area contributed by atoms with Crippen LogP contribution in [-0.4, -0.2) is 37.2 Å². The minimum absolute atomic E-state index is 0.685. The van der Waals surface area contributed by atoms with Crippen LogP contribution in [0, 0.1) is 0 Å². The van der Waals surface area contributed by atoms with Crippen LogP contribution in [-0.2, 0) is 4.74 Å². The van der Waals surface area contributed by atoms with E-state index in [1.807, 2.05) is 0 Å². The third-order valence-electron chi connectivity index (χ3n) is 2.62. The highest BCUT2D eigenvalue weighted by Crippen LogP contribution is 2.10. The first-order valence-electron chi connectivity index (χ1n) is 5.20. The van der Waals surface area contributed by atoms with E-state index in [-0.39, 0.29) is 0 Å². The Labute approximate surface area is 75.9 Å². The SMILES string of the molecule is CCCCN1CCOCC1CC. The van der Waals surface area contributed by atoms with Crippen LogP contribution in [0.1, 0.15) is 33.1 Å². The lowest BCUT2D eigenvalue weighted by Crippen LogP contribution is -2.45. The first kappa shape index (κ1) is 10.0. The van der Waals surface area contributed by atoms with Crippen molar-refractivity contribution >= 4 is 0 Å². The minimum Gasteiger partial charge on any atom is -0.378 e. The van der Waals surface area contributed by atoms with Gasteiger partial charge in [0.25, 0.3) is 0 Å². The Balaban J connectivity index is 2.26. The molecule has 0 radical (unpaired) electrons. The average molecular weight is 171 g/mol. The summed E-state index contributed by atoms with van der Waals surface area (Å²) in [5.41, 5.74) is 0. The van der Waals surface area contributed by atoms with Gasteiger partial charge in [-0.05, 0) is 19.4 Å². The molecule has 0 saturated carbocycles. The molecule has 2 nitrogen and oxygen atoms in total. The largest absolute Gasteiger partial charge is 0.378 e. The molecule has 1 unspecified atom stereocenters. The number of hydrogen-bond donors (Lipinski definition) is 0. The van der Waals surface area contributed by atoms with Crippen molar-refractivity contribution in [1.29, 1.82) is 0 Å². The number of nitrogens with zero attached hydrogens (tertiary/aromatic N) is 1. The van der Waals surface area contributed by atoms with Crippen LogP contribution < -0.4 is 0 Å². The summed E-state index contributed by atoms with van der Waals surface area (Å²) in [6.07, 6.45) is 3.86. The molecule has 1 fully saturated rings. The second-order valence-corrected chi connectivity index (χ2v) is 3.53. The summed E-state index contributed by atoms with van der Waals surface area (Å²) in [4.78, 5) is 2.58. The summed E-state index contributed by atoms with van der Waals surface area (Å²) < 4.78 is 5.44. The second kappa shape index (κ2) is 5.55. The first-order valence-corrected chi connectivity index (χ1v) is 5.20. The van der Waals surface area contributed by atoms with Gasteiger partial charge in [0.1, 0.15) is 0 Å². The van der Waals surface area contributed by atoms with Crippen molar-refractivity contribution in [3.63, 3.8) is 0 Å².